The van der Waals surface area contributed by atoms with E-state index in [1.165, 1.54) is 16.3 Å². The lowest BCUT2D eigenvalue weighted by Crippen LogP contribution is -2.51. The van der Waals surface area contributed by atoms with Gasteiger partial charge in [0.1, 0.15) is 0 Å². The molecule has 0 radical (unpaired) electrons. The normalized spacial score (nSPS) is 27.9. The van der Waals surface area contributed by atoms with Gasteiger partial charge in [-0.3, -0.25) is 9.78 Å². The zero-order valence-corrected chi connectivity index (χ0v) is 14.1. The standard InChI is InChI=1S/C20H24N2O2/c1-20(24)11-18(12-20)19(23)22-8-5-15(6-9-22)16-3-2-14-4-7-21-13-17(14)10-16/h2-4,7,10,13,15,18,24H,5-6,8-9,11-12H2,1H3/t18-,20+. The summed E-state index contributed by atoms with van der Waals surface area (Å²) in [5.74, 6) is 0.786. The van der Waals surface area contributed by atoms with E-state index >= 15 is 0 Å². The average molecular weight is 324 g/mol. The van der Waals surface area contributed by atoms with Gasteiger partial charge in [0, 0.05) is 36.8 Å². The van der Waals surface area contributed by atoms with E-state index in [9.17, 15) is 9.90 Å². The number of aromatic nitrogens is 1. The molecule has 1 amide bonds. The van der Waals surface area contributed by atoms with Gasteiger partial charge < -0.3 is 10.0 Å². The van der Waals surface area contributed by atoms with Crippen molar-refractivity contribution in [3.05, 3.63) is 42.2 Å². The molecule has 1 aromatic carbocycles. The Morgan fingerprint density at radius 3 is 2.67 bits per heavy atom. The molecule has 1 aliphatic heterocycles. The Kier molecular flexibility index (Phi) is 3.80. The number of carbonyl (C=O) groups excluding carboxylic acids is 1. The number of hydrogen-bond acceptors (Lipinski definition) is 3. The van der Waals surface area contributed by atoms with Gasteiger partial charge in [0.25, 0.3) is 0 Å². The topological polar surface area (TPSA) is 53.4 Å². The van der Waals surface area contributed by atoms with Gasteiger partial charge in [-0.15, -0.1) is 0 Å². The van der Waals surface area contributed by atoms with Crippen molar-refractivity contribution >= 4 is 16.7 Å². The number of piperidine rings is 1. The summed E-state index contributed by atoms with van der Waals surface area (Å²) in [7, 11) is 0. The van der Waals surface area contributed by atoms with E-state index < -0.39 is 5.60 Å². The Morgan fingerprint density at radius 2 is 1.96 bits per heavy atom. The number of likely N-dealkylation sites (tertiary alicyclic amines) is 1. The van der Waals surface area contributed by atoms with Gasteiger partial charge in [-0.05, 0) is 61.6 Å². The summed E-state index contributed by atoms with van der Waals surface area (Å²) in [6.07, 6.45) is 7.00. The largest absolute Gasteiger partial charge is 0.390 e. The maximum Gasteiger partial charge on any atom is 0.225 e. The molecule has 2 aromatic rings. The first kappa shape index (κ1) is 15.6. The van der Waals surface area contributed by atoms with Crippen LogP contribution in [0.1, 0.15) is 44.1 Å². The van der Waals surface area contributed by atoms with Crippen LogP contribution in [0.15, 0.2) is 36.7 Å². The highest BCUT2D eigenvalue weighted by atomic mass is 16.3. The summed E-state index contributed by atoms with van der Waals surface area (Å²) in [6, 6.07) is 8.66. The van der Waals surface area contributed by atoms with Gasteiger partial charge in [0.05, 0.1) is 5.60 Å². The van der Waals surface area contributed by atoms with Crippen molar-refractivity contribution in [3.8, 4) is 0 Å². The minimum atomic E-state index is -0.627. The molecule has 1 N–H and O–H groups in total. The highest BCUT2D eigenvalue weighted by Gasteiger charge is 2.44. The molecule has 0 bridgehead atoms. The second kappa shape index (κ2) is 5.85. The summed E-state index contributed by atoms with van der Waals surface area (Å²) in [5.41, 5.74) is 0.729. The Balaban J connectivity index is 1.39. The van der Waals surface area contributed by atoms with Gasteiger partial charge in [0.15, 0.2) is 0 Å². The second-order valence-corrected chi connectivity index (χ2v) is 7.68. The number of carbonyl (C=O) groups is 1. The van der Waals surface area contributed by atoms with E-state index in [0.29, 0.717) is 18.8 Å². The molecule has 24 heavy (non-hydrogen) atoms. The number of rotatable bonds is 2. The smallest absolute Gasteiger partial charge is 0.225 e. The molecule has 1 saturated heterocycles. The summed E-state index contributed by atoms with van der Waals surface area (Å²) in [6.45, 7) is 3.47. The van der Waals surface area contributed by atoms with Crippen molar-refractivity contribution in [1.29, 1.82) is 0 Å². The van der Waals surface area contributed by atoms with E-state index in [1.54, 1.807) is 0 Å². The fourth-order valence-electron chi connectivity index (χ4n) is 4.23. The molecule has 0 unspecified atom stereocenters. The minimum absolute atomic E-state index is 0.0308. The van der Waals surface area contributed by atoms with Crippen molar-refractivity contribution in [1.82, 2.24) is 9.88 Å². The van der Waals surface area contributed by atoms with Crippen LogP contribution in [0.5, 0.6) is 0 Å². The number of amides is 1. The molecule has 1 aliphatic carbocycles. The van der Waals surface area contributed by atoms with Crippen LogP contribution in [0.4, 0.5) is 0 Å². The molecule has 4 heteroatoms. The molecule has 1 aromatic heterocycles. The summed E-state index contributed by atoms with van der Waals surface area (Å²) < 4.78 is 0. The molecule has 0 atom stereocenters. The predicted octanol–water partition coefficient (Wildman–Crippen LogP) is 3.10. The SMILES string of the molecule is C[C@]1(O)C[C@@H](C(=O)N2CCC(c3ccc4ccncc4c3)CC2)C1. The summed E-state index contributed by atoms with van der Waals surface area (Å²) >= 11 is 0. The van der Waals surface area contributed by atoms with Crippen LogP contribution in [0.2, 0.25) is 0 Å². The molecule has 2 heterocycles. The summed E-state index contributed by atoms with van der Waals surface area (Å²) in [4.78, 5) is 18.7. The first-order valence-electron chi connectivity index (χ1n) is 8.87. The predicted molar refractivity (Wildman–Crippen MR) is 93.6 cm³/mol. The fourth-order valence-corrected chi connectivity index (χ4v) is 4.23. The first-order valence-corrected chi connectivity index (χ1v) is 8.87. The number of benzene rings is 1. The third-order valence-electron chi connectivity index (χ3n) is 5.66. The second-order valence-electron chi connectivity index (χ2n) is 7.68. The van der Waals surface area contributed by atoms with Crippen LogP contribution in [0.25, 0.3) is 10.8 Å². The number of aliphatic hydroxyl groups is 1. The van der Waals surface area contributed by atoms with Gasteiger partial charge in [-0.1, -0.05) is 12.1 Å². The molecule has 2 aliphatic rings. The van der Waals surface area contributed by atoms with Crippen LogP contribution in [-0.2, 0) is 4.79 Å². The number of pyridine rings is 1. The van der Waals surface area contributed by atoms with E-state index in [-0.39, 0.29) is 11.8 Å². The molecule has 2 fully saturated rings. The number of hydrogen-bond donors (Lipinski definition) is 1. The highest BCUT2D eigenvalue weighted by Crippen LogP contribution is 2.39. The molecular weight excluding hydrogens is 300 g/mol. The van der Waals surface area contributed by atoms with Crippen molar-refractivity contribution in [2.75, 3.05) is 13.1 Å². The molecule has 1 saturated carbocycles. The van der Waals surface area contributed by atoms with Gasteiger partial charge in [-0.25, -0.2) is 0 Å². The van der Waals surface area contributed by atoms with Crippen molar-refractivity contribution in [3.63, 3.8) is 0 Å². The van der Waals surface area contributed by atoms with Crippen LogP contribution >= 0.6 is 0 Å². The zero-order valence-electron chi connectivity index (χ0n) is 14.1. The average Bonchev–Trinajstić information content (AvgIpc) is 2.59. The minimum Gasteiger partial charge on any atom is -0.390 e. The molecule has 4 nitrogen and oxygen atoms in total. The van der Waals surface area contributed by atoms with Crippen LogP contribution < -0.4 is 0 Å². The number of nitrogens with zero attached hydrogens (tertiary/aromatic N) is 2. The van der Waals surface area contributed by atoms with Gasteiger partial charge in [-0.2, -0.15) is 0 Å². The monoisotopic (exact) mass is 324 g/mol. The molecule has 4 rings (SSSR count). The Hall–Kier alpha value is -1.94. The lowest BCUT2D eigenvalue weighted by Gasteiger charge is -2.43. The van der Waals surface area contributed by atoms with Crippen molar-refractivity contribution < 1.29 is 9.90 Å². The van der Waals surface area contributed by atoms with Crippen molar-refractivity contribution in [2.45, 2.75) is 44.1 Å². The third-order valence-corrected chi connectivity index (χ3v) is 5.66. The van der Waals surface area contributed by atoms with Crippen LogP contribution in [0, 0.1) is 5.92 Å². The maximum atomic E-state index is 12.5. The maximum absolute atomic E-state index is 12.5. The zero-order chi connectivity index (χ0) is 16.7. The third kappa shape index (κ3) is 2.91. The Labute approximate surface area is 142 Å². The van der Waals surface area contributed by atoms with E-state index in [1.807, 2.05) is 30.3 Å². The van der Waals surface area contributed by atoms with E-state index in [0.717, 1.165) is 25.9 Å². The van der Waals surface area contributed by atoms with Gasteiger partial charge >= 0.3 is 0 Å². The lowest BCUT2D eigenvalue weighted by atomic mass is 9.71. The summed E-state index contributed by atoms with van der Waals surface area (Å²) in [5, 5.41) is 12.2. The van der Waals surface area contributed by atoms with E-state index in [4.69, 9.17) is 0 Å². The molecular formula is C20H24N2O2. The van der Waals surface area contributed by atoms with E-state index in [2.05, 4.69) is 23.2 Å². The highest BCUT2D eigenvalue weighted by molar-refractivity contribution is 5.82. The Bertz CT molecular complexity index is 755. The lowest BCUT2D eigenvalue weighted by molar-refractivity contribution is -0.150. The van der Waals surface area contributed by atoms with Crippen LogP contribution in [-0.4, -0.2) is 39.6 Å². The fraction of sp³-hybridized carbons (Fsp3) is 0.500. The quantitative estimate of drug-likeness (QED) is 0.923. The molecule has 0 spiro atoms. The van der Waals surface area contributed by atoms with Crippen LogP contribution in [0.3, 0.4) is 0 Å². The Morgan fingerprint density at radius 1 is 1.21 bits per heavy atom. The first-order chi connectivity index (χ1) is 11.5. The van der Waals surface area contributed by atoms with Crippen molar-refractivity contribution in [2.24, 2.45) is 5.92 Å². The molecule has 126 valence electrons. The van der Waals surface area contributed by atoms with Gasteiger partial charge in [0.2, 0.25) is 5.91 Å². The number of fused-ring (bicyclic) bond motifs is 1.